The third kappa shape index (κ3) is 3.46. The van der Waals surface area contributed by atoms with Crippen molar-refractivity contribution in [3.05, 3.63) is 39.9 Å². The van der Waals surface area contributed by atoms with Gasteiger partial charge in [0, 0.05) is 32.2 Å². The molecule has 1 fully saturated rings. The minimum absolute atomic E-state index is 0.0362. The highest BCUT2D eigenvalue weighted by atomic mass is 32.1. The van der Waals surface area contributed by atoms with Gasteiger partial charge < -0.3 is 10.3 Å². The zero-order valence-corrected chi connectivity index (χ0v) is 11.5. The molecule has 7 heteroatoms. The molecule has 102 valence electrons. The van der Waals surface area contributed by atoms with Gasteiger partial charge in [-0.05, 0) is 13.1 Å². The number of piperazine rings is 1. The molecule has 0 saturated carbocycles. The number of hydrogen-bond donors (Lipinski definition) is 1. The van der Waals surface area contributed by atoms with Crippen LogP contribution in [0.25, 0.3) is 0 Å². The molecule has 0 radical (unpaired) electrons. The molecule has 0 atom stereocenters. The summed E-state index contributed by atoms with van der Waals surface area (Å²) in [6.07, 6.45) is 0. The van der Waals surface area contributed by atoms with Crippen LogP contribution in [0, 0.1) is 10.1 Å². The molecule has 1 heterocycles. The lowest BCUT2D eigenvalue weighted by molar-refractivity contribution is -0.385. The van der Waals surface area contributed by atoms with Crippen molar-refractivity contribution in [2.75, 3.05) is 33.2 Å². The van der Waals surface area contributed by atoms with Gasteiger partial charge in [0.2, 0.25) is 0 Å². The summed E-state index contributed by atoms with van der Waals surface area (Å²) in [5.74, 6) is 0. The molecule has 0 amide bonds. The van der Waals surface area contributed by atoms with Crippen molar-refractivity contribution < 1.29 is 4.92 Å². The number of nitro benzene ring substituents is 1. The maximum atomic E-state index is 11.0. The van der Waals surface area contributed by atoms with E-state index in [1.165, 1.54) is 6.07 Å². The van der Waals surface area contributed by atoms with E-state index in [1.54, 1.807) is 18.2 Å². The van der Waals surface area contributed by atoms with E-state index in [0.717, 1.165) is 26.2 Å². The molecular formula is C12H16N4O2S. The van der Waals surface area contributed by atoms with E-state index in [2.05, 4.69) is 17.4 Å². The Bertz CT molecular complexity index is 486. The average molecular weight is 280 g/mol. The number of hydrogen-bond acceptors (Lipinski definition) is 5. The average Bonchev–Trinajstić information content (AvgIpc) is 2.41. The molecule has 1 aliphatic rings. The Hall–Kier alpha value is -1.57. The molecule has 0 aromatic heterocycles. The van der Waals surface area contributed by atoms with Gasteiger partial charge in [0.15, 0.2) is 0 Å². The van der Waals surface area contributed by atoms with Crippen LogP contribution in [-0.4, -0.2) is 53.0 Å². The van der Waals surface area contributed by atoms with E-state index < -0.39 is 4.92 Å². The standard InChI is InChI=1S/C12H16N4O2S/c1-14-6-8-15(9-7-14)13-12(19)10-4-2-3-5-11(10)16(17)18/h2-5H,6-9H2,1H3,(H,13,19). The molecule has 0 unspecified atom stereocenters. The molecule has 2 rings (SSSR count). The zero-order chi connectivity index (χ0) is 13.8. The molecule has 1 aliphatic heterocycles. The van der Waals surface area contributed by atoms with E-state index in [9.17, 15) is 10.1 Å². The fourth-order valence-electron chi connectivity index (χ4n) is 1.95. The highest BCUT2D eigenvalue weighted by molar-refractivity contribution is 7.80. The van der Waals surface area contributed by atoms with Crippen molar-refractivity contribution >= 4 is 22.9 Å². The lowest BCUT2D eigenvalue weighted by Crippen LogP contribution is -2.52. The molecule has 0 bridgehead atoms. The van der Waals surface area contributed by atoms with Crippen LogP contribution in [0.1, 0.15) is 5.56 Å². The first kappa shape index (κ1) is 13.9. The number of benzene rings is 1. The van der Waals surface area contributed by atoms with Crippen LogP contribution < -0.4 is 5.43 Å². The lowest BCUT2D eigenvalue weighted by atomic mass is 10.2. The van der Waals surface area contributed by atoms with Gasteiger partial charge in [0.1, 0.15) is 4.99 Å². The number of hydrazine groups is 1. The maximum absolute atomic E-state index is 11.0. The Kier molecular flexibility index (Phi) is 4.41. The molecule has 0 aliphatic carbocycles. The monoisotopic (exact) mass is 280 g/mol. The molecule has 1 saturated heterocycles. The van der Waals surface area contributed by atoms with E-state index >= 15 is 0 Å². The smallest absolute Gasteiger partial charge is 0.279 e. The van der Waals surface area contributed by atoms with Gasteiger partial charge in [-0.15, -0.1) is 0 Å². The fourth-order valence-corrected chi connectivity index (χ4v) is 2.25. The Morgan fingerprint density at radius 3 is 2.58 bits per heavy atom. The minimum atomic E-state index is -0.409. The summed E-state index contributed by atoms with van der Waals surface area (Å²) in [7, 11) is 2.07. The van der Waals surface area contributed by atoms with Crippen LogP contribution in [0.2, 0.25) is 0 Å². The van der Waals surface area contributed by atoms with Crippen LogP contribution in [0.15, 0.2) is 24.3 Å². The van der Waals surface area contributed by atoms with Crippen LogP contribution in [0.4, 0.5) is 5.69 Å². The van der Waals surface area contributed by atoms with Crippen LogP contribution in [0.3, 0.4) is 0 Å². The number of para-hydroxylation sites is 1. The van der Waals surface area contributed by atoms with E-state index in [0.29, 0.717) is 10.6 Å². The molecule has 0 spiro atoms. The van der Waals surface area contributed by atoms with Crippen LogP contribution >= 0.6 is 12.2 Å². The first-order valence-corrected chi connectivity index (χ1v) is 6.46. The first-order valence-electron chi connectivity index (χ1n) is 6.06. The van der Waals surface area contributed by atoms with Gasteiger partial charge in [0.25, 0.3) is 5.69 Å². The highest BCUT2D eigenvalue weighted by Gasteiger charge is 2.19. The molecule has 1 N–H and O–H groups in total. The third-order valence-corrected chi connectivity index (χ3v) is 3.42. The predicted molar refractivity (Wildman–Crippen MR) is 77.0 cm³/mol. The number of nitrogens with zero attached hydrogens (tertiary/aromatic N) is 3. The SMILES string of the molecule is CN1CCN(NC(=S)c2ccccc2[N+](=O)[O-])CC1. The van der Waals surface area contributed by atoms with E-state index in [-0.39, 0.29) is 5.69 Å². The number of likely N-dealkylation sites (N-methyl/N-ethyl adjacent to an activating group) is 1. The predicted octanol–water partition coefficient (Wildman–Crippen LogP) is 1.02. The quantitative estimate of drug-likeness (QED) is 0.507. The second kappa shape index (κ2) is 6.05. The van der Waals surface area contributed by atoms with E-state index in [4.69, 9.17) is 12.2 Å². The van der Waals surface area contributed by atoms with Gasteiger partial charge in [-0.1, -0.05) is 24.4 Å². The molecular weight excluding hydrogens is 264 g/mol. The summed E-state index contributed by atoms with van der Waals surface area (Å²) in [6, 6.07) is 6.53. The second-order valence-corrected chi connectivity index (χ2v) is 4.91. The summed E-state index contributed by atoms with van der Waals surface area (Å²) < 4.78 is 0. The van der Waals surface area contributed by atoms with Crippen molar-refractivity contribution in [1.29, 1.82) is 0 Å². The highest BCUT2D eigenvalue weighted by Crippen LogP contribution is 2.18. The van der Waals surface area contributed by atoms with Gasteiger partial charge in [0.05, 0.1) is 10.5 Å². The number of nitro groups is 1. The lowest BCUT2D eigenvalue weighted by Gasteiger charge is -2.33. The number of rotatable bonds is 3. The third-order valence-electron chi connectivity index (χ3n) is 3.11. The van der Waals surface area contributed by atoms with Crippen molar-refractivity contribution in [3.63, 3.8) is 0 Å². The molecule has 1 aromatic rings. The normalized spacial score (nSPS) is 17.1. The van der Waals surface area contributed by atoms with Crippen LogP contribution in [-0.2, 0) is 0 Å². The minimum Gasteiger partial charge on any atom is -0.309 e. The Labute approximate surface area is 117 Å². The Balaban J connectivity index is 2.06. The van der Waals surface area contributed by atoms with Crippen molar-refractivity contribution in [1.82, 2.24) is 15.3 Å². The van der Waals surface area contributed by atoms with Gasteiger partial charge in [-0.3, -0.25) is 10.1 Å². The summed E-state index contributed by atoms with van der Waals surface area (Å²) in [5, 5.41) is 13.0. The van der Waals surface area contributed by atoms with Crippen molar-refractivity contribution in [2.45, 2.75) is 0 Å². The Morgan fingerprint density at radius 2 is 1.95 bits per heavy atom. The largest absolute Gasteiger partial charge is 0.309 e. The summed E-state index contributed by atoms with van der Waals surface area (Å²) in [4.78, 5) is 13.2. The summed E-state index contributed by atoms with van der Waals surface area (Å²) in [6.45, 7) is 3.59. The van der Waals surface area contributed by atoms with Gasteiger partial charge in [-0.2, -0.15) is 0 Å². The number of nitrogens with one attached hydrogen (secondary N) is 1. The Morgan fingerprint density at radius 1 is 1.32 bits per heavy atom. The summed E-state index contributed by atoms with van der Waals surface area (Å²) >= 11 is 5.27. The second-order valence-electron chi connectivity index (χ2n) is 4.51. The molecule has 19 heavy (non-hydrogen) atoms. The number of thiocarbonyl (C=S) groups is 1. The van der Waals surface area contributed by atoms with Gasteiger partial charge >= 0.3 is 0 Å². The van der Waals surface area contributed by atoms with Crippen molar-refractivity contribution in [2.24, 2.45) is 0 Å². The van der Waals surface area contributed by atoms with E-state index in [1.807, 2.05) is 5.01 Å². The van der Waals surface area contributed by atoms with Crippen LogP contribution in [0.5, 0.6) is 0 Å². The maximum Gasteiger partial charge on any atom is 0.279 e. The topological polar surface area (TPSA) is 61.6 Å². The van der Waals surface area contributed by atoms with Gasteiger partial charge in [-0.25, -0.2) is 5.01 Å². The molecule has 1 aromatic carbocycles. The first-order chi connectivity index (χ1) is 9.08. The zero-order valence-electron chi connectivity index (χ0n) is 10.7. The molecule has 6 nitrogen and oxygen atoms in total. The van der Waals surface area contributed by atoms with Crippen molar-refractivity contribution in [3.8, 4) is 0 Å². The fraction of sp³-hybridized carbons (Fsp3) is 0.417. The summed E-state index contributed by atoms with van der Waals surface area (Å²) in [5.41, 5.74) is 3.58.